The van der Waals surface area contributed by atoms with Crippen molar-refractivity contribution < 1.29 is 39.9 Å². The van der Waals surface area contributed by atoms with Crippen LogP contribution in [0.3, 0.4) is 0 Å². The van der Waals surface area contributed by atoms with Gasteiger partial charge in [0.25, 0.3) is 0 Å². The highest BCUT2D eigenvalue weighted by Crippen LogP contribution is 2.27. The number of carboxylic acid groups (broad SMARTS) is 2. The van der Waals surface area contributed by atoms with E-state index >= 15 is 0 Å². The van der Waals surface area contributed by atoms with E-state index in [1.807, 2.05) is 0 Å². The van der Waals surface area contributed by atoms with Crippen LogP contribution >= 0.6 is 0 Å². The predicted octanol–water partition coefficient (Wildman–Crippen LogP) is -2.07. The lowest BCUT2D eigenvalue weighted by Crippen LogP contribution is -2.51. The van der Waals surface area contributed by atoms with Crippen LogP contribution in [0.25, 0.3) is 0 Å². The summed E-state index contributed by atoms with van der Waals surface area (Å²) >= 11 is 0. The number of hydrogen-bond acceptors (Lipinski definition) is 8. The van der Waals surface area contributed by atoms with Crippen LogP contribution in [0.2, 0.25) is 0 Å². The minimum absolute atomic E-state index is 0.0703. The molecule has 23 heavy (non-hydrogen) atoms. The SMILES string of the molecule is COC1C(=NCC(=O)O)CC(O)(CO)CC1=NC(CO)C(=O)O. The maximum atomic E-state index is 11.0. The number of aliphatic hydroxyl groups is 3. The molecule has 0 spiro atoms. The van der Waals surface area contributed by atoms with E-state index in [0.717, 1.165) is 0 Å². The molecule has 1 saturated carbocycles. The van der Waals surface area contributed by atoms with E-state index in [1.165, 1.54) is 7.11 Å². The summed E-state index contributed by atoms with van der Waals surface area (Å²) in [5.41, 5.74) is -1.44. The van der Waals surface area contributed by atoms with Crippen molar-refractivity contribution in [2.24, 2.45) is 9.98 Å². The largest absolute Gasteiger partial charge is 0.480 e. The van der Waals surface area contributed by atoms with Crippen LogP contribution in [0.1, 0.15) is 12.8 Å². The van der Waals surface area contributed by atoms with Gasteiger partial charge in [-0.3, -0.25) is 14.8 Å². The maximum Gasteiger partial charge on any atom is 0.330 e. The Morgan fingerprint density at radius 3 is 2.35 bits per heavy atom. The Morgan fingerprint density at radius 2 is 1.91 bits per heavy atom. The second kappa shape index (κ2) is 8.11. The molecule has 0 aromatic rings. The van der Waals surface area contributed by atoms with Crippen LogP contribution in [-0.2, 0) is 14.3 Å². The average molecular weight is 332 g/mol. The Morgan fingerprint density at radius 1 is 1.30 bits per heavy atom. The molecule has 1 aliphatic carbocycles. The lowest BCUT2D eigenvalue weighted by atomic mass is 9.80. The lowest BCUT2D eigenvalue weighted by molar-refractivity contribution is -0.139. The normalized spacial score (nSPS) is 29.7. The molecule has 0 aromatic heterocycles. The molecule has 3 unspecified atom stereocenters. The van der Waals surface area contributed by atoms with E-state index in [4.69, 9.17) is 20.1 Å². The summed E-state index contributed by atoms with van der Waals surface area (Å²) in [4.78, 5) is 29.4. The topological polar surface area (TPSA) is 169 Å². The molecule has 130 valence electrons. The summed E-state index contributed by atoms with van der Waals surface area (Å²) in [6.07, 6.45) is -1.24. The summed E-state index contributed by atoms with van der Waals surface area (Å²) in [7, 11) is 1.30. The molecule has 0 amide bonds. The number of carbonyl (C=O) groups is 2. The fraction of sp³-hybridized carbons (Fsp3) is 0.692. The molecule has 1 aliphatic rings. The smallest absolute Gasteiger partial charge is 0.330 e. The van der Waals surface area contributed by atoms with E-state index in [0.29, 0.717) is 0 Å². The second-order valence-electron chi connectivity index (χ2n) is 5.21. The van der Waals surface area contributed by atoms with Gasteiger partial charge >= 0.3 is 11.9 Å². The van der Waals surface area contributed by atoms with Crippen LogP contribution in [0, 0.1) is 0 Å². The molecule has 3 atom stereocenters. The van der Waals surface area contributed by atoms with Crippen molar-refractivity contribution in [3.05, 3.63) is 0 Å². The standard InChI is InChI=1S/C13H20N2O8/c1-23-11-7(14-4-10(18)19)2-13(22,6-17)3-8(11)15-9(5-16)12(20)21/h9,11,16-17,22H,2-6H2,1H3,(H,18,19)(H,20,21). The third-order valence-corrected chi connectivity index (χ3v) is 3.35. The number of ether oxygens (including phenoxy) is 1. The molecule has 0 heterocycles. The first-order valence-corrected chi connectivity index (χ1v) is 6.77. The summed E-state index contributed by atoms with van der Waals surface area (Å²) in [5, 5.41) is 46.4. The van der Waals surface area contributed by atoms with Gasteiger partial charge in [-0.05, 0) is 0 Å². The Hall–Kier alpha value is -1.88. The number of aliphatic hydroxyl groups excluding tert-OH is 2. The summed E-state index contributed by atoms with van der Waals surface area (Å²) in [6.45, 7) is -1.97. The fourth-order valence-electron chi connectivity index (χ4n) is 2.29. The quantitative estimate of drug-likeness (QED) is 0.354. The molecule has 5 N–H and O–H groups in total. The van der Waals surface area contributed by atoms with Crippen LogP contribution in [-0.4, -0.2) is 93.5 Å². The third-order valence-electron chi connectivity index (χ3n) is 3.35. The number of methoxy groups -OCH3 is 1. The molecule has 0 bridgehead atoms. The van der Waals surface area contributed by atoms with Gasteiger partial charge in [0, 0.05) is 20.0 Å². The molecule has 0 aromatic carbocycles. The highest BCUT2D eigenvalue weighted by molar-refractivity contribution is 6.14. The Bertz CT molecular complexity index is 518. The number of nitrogens with zero attached hydrogens (tertiary/aromatic N) is 2. The van der Waals surface area contributed by atoms with E-state index in [-0.39, 0.29) is 24.3 Å². The minimum Gasteiger partial charge on any atom is -0.480 e. The number of aliphatic imine (C=N–C) groups is 2. The molecule has 10 nitrogen and oxygen atoms in total. The molecule has 0 radical (unpaired) electrons. The summed E-state index contributed by atoms with van der Waals surface area (Å²) in [6, 6.07) is -1.45. The second-order valence-corrected chi connectivity index (χ2v) is 5.21. The Kier molecular flexibility index (Phi) is 6.76. The molecular formula is C13H20N2O8. The van der Waals surface area contributed by atoms with Gasteiger partial charge in [-0.1, -0.05) is 0 Å². The molecule has 1 fully saturated rings. The minimum atomic E-state index is -1.65. The highest BCUT2D eigenvalue weighted by atomic mass is 16.5. The van der Waals surface area contributed by atoms with Gasteiger partial charge in [0.05, 0.1) is 30.2 Å². The van der Waals surface area contributed by atoms with Crippen molar-refractivity contribution >= 4 is 23.4 Å². The van der Waals surface area contributed by atoms with Crippen molar-refractivity contribution in [1.29, 1.82) is 0 Å². The van der Waals surface area contributed by atoms with Gasteiger partial charge in [-0.2, -0.15) is 0 Å². The molecule has 1 rings (SSSR count). The number of hydrogen-bond donors (Lipinski definition) is 5. The van der Waals surface area contributed by atoms with Gasteiger partial charge < -0.3 is 30.3 Å². The first-order valence-electron chi connectivity index (χ1n) is 6.77. The zero-order valence-electron chi connectivity index (χ0n) is 12.5. The van der Waals surface area contributed by atoms with Gasteiger partial charge in [0.1, 0.15) is 12.6 Å². The zero-order valence-corrected chi connectivity index (χ0v) is 12.5. The van der Waals surface area contributed by atoms with Gasteiger partial charge in [-0.25, -0.2) is 4.79 Å². The van der Waals surface area contributed by atoms with Crippen molar-refractivity contribution in [3.63, 3.8) is 0 Å². The first-order chi connectivity index (χ1) is 10.8. The molecule has 0 saturated heterocycles. The molecular weight excluding hydrogens is 312 g/mol. The lowest BCUT2D eigenvalue weighted by Gasteiger charge is -2.36. The first kappa shape index (κ1) is 19.2. The Balaban J connectivity index is 3.24. The van der Waals surface area contributed by atoms with Crippen molar-refractivity contribution in [3.8, 4) is 0 Å². The highest BCUT2D eigenvalue weighted by Gasteiger charge is 2.41. The van der Waals surface area contributed by atoms with E-state index < -0.39 is 49.4 Å². The molecule has 10 heteroatoms. The van der Waals surface area contributed by atoms with Crippen molar-refractivity contribution in [2.45, 2.75) is 30.6 Å². The van der Waals surface area contributed by atoms with Crippen LogP contribution in [0.5, 0.6) is 0 Å². The third kappa shape index (κ3) is 5.06. The van der Waals surface area contributed by atoms with Gasteiger partial charge in [-0.15, -0.1) is 0 Å². The van der Waals surface area contributed by atoms with Crippen molar-refractivity contribution in [2.75, 3.05) is 26.9 Å². The molecule has 0 aliphatic heterocycles. The van der Waals surface area contributed by atoms with Crippen LogP contribution in [0.15, 0.2) is 9.98 Å². The fourth-order valence-corrected chi connectivity index (χ4v) is 2.29. The Labute approximate surface area is 131 Å². The summed E-state index contributed by atoms with van der Waals surface area (Å²) in [5.74, 6) is -2.56. The predicted molar refractivity (Wildman–Crippen MR) is 77.9 cm³/mol. The number of aliphatic carboxylic acids is 2. The zero-order chi connectivity index (χ0) is 17.6. The van der Waals surface area contributed by atoms with Gasteiger partial charge in [0.15, 0.2) is 6.04 Å². The van der Waals surface area contributed by atoms with E-state index in [1.54, 1.807) is 0 Å². The van der Waals surface area contributed by atoms with Crippen molar-refractivity contribution in [1.82, 2.24) is 0 Å². The van der Waals surface area contributed by atoms with Crippen LogP contribution in [0.4, 0.5) is 0 Å². The number of rotatable bonds is 7. The van der Waals surface area contributed by atoms with E-state index in [2.05, 4.69) is 9.98 Å². The monoisotopic (exact) mass is 332 g/mol. The average Bonchev–Trinajstić information content (AvgIpc) is 2.49. The number of carboxylic acids is 2. The van der Waals surface area contributed by atoms with Gasteiger partial charge in [0.2, 0.25) is 0 Å². The summed E-state index contributed by atoms with van der Waals surface area (Å²) < 4.78 is 5.19. The maximum absolute atomic E-state index is 11.0. The van der Waals surface area contributed by atoms with Crippen LogP contribution < -0.4 is 0 Å². The van der Waals surface area contributed by atoms with E-state index in [9.17, 15) is 19.8 Å².